The smallest absolute Gasteiger partial charge is 0.314 e. The molecule has 0 amide bonds. The van der Waals surface area contributed by atoms with Crippen molar-refractivity contribution in [3.8, 4) is 0 Å². The van der Waals surface area contributed by atoms with E-state index in [1.54, 1.807) is 0 Å². The minimum absolute atomic E-state index is 0.226. The van der Waals surface area contributed by atoms with Crippen molar-refractivity contribution < 1.29 is 9.90 Å². The summed E-state index contributed by atoms with van der Waals surface area (Å²) in [7, 11) is 0. The number of carbonyl (C=O) groups is 1. The second-order valence-corrected chi connectivity index (χ2v) is 5.02. The first-order valence-electron chi connectivity index (χ1n) is 6.71. The van der Waals surface area contributed by atoms with Crippen LogP contribution in [0.3, 0.4) is 0 Å². The summed E-state index contributed by atoms with van der Waals surface area (Å²) in [5, 5.41) is 13.1. The highest BCUT2D eigenvalue weighted by Crippen LogP contribution is 2.40. The van der Waals surface area contributed by atoms with Crippen LogP contribution in [0.1, 0.15) is 31.7 Å². The van der Waals surface area contributed by atoms with Crippen LogP contribution in [-0.2, 0) is 10.2 Å². The van der Waals surface area contributed by atoms with Crippen LogP contribution < -0.4 is 5.32 Å². The van der Waals surface area contributed by atoms with Gasteiger partial charge in [0.05, 0.1) is 5.41 Å². The number of rotatable bonds is 4. The molecule has 18 heavy (non-hydrogen) atoms. The fourth-order valence-corrected chi connectivity index (χ4v) is 3.23. The molecule has 0 radical (unpaired) electrons. The summed E-state index contributed by atoms with van der Waals surface area (Å²) in [6.07, 6.45) is 2.53. The first-order chi connectivity index (χ1) is 8.71. The third kappa shape index (κ3) is 2.15. The maximum Gasteiger partial charge on any atom is 0.314 e. The molecule has 1 aliphatic rings. The summed E-state index contributed by atoms with van der Waals surface area (Å²) in [4.78, 5) is 11.9. The first-order valence-corrected chi connectivity index (χ1v) is 6.71. The molecule has 0 saturated carbocycles. The SMILES string of the molecule is CCC(C(=O)O)(c1ccccc1)C1CCNCC1. The Kier molecular flexibility index (Phi) is 4.02. The largest absolute Gasteiger partial charge is 0.481 e. The highest BCUT2D eigenvalue weighted by atomic mass is 16.4. The number of carboxylic acid groups (broad SMARTS) is 1. The van der Waals surface area contributed by atoms with Gasteiger partial charge in [0, 0.05) is 0 Å². The summed E-state index contributed by atoms with van der Waals surface area (Å²) < 4.78 is 0. The van der Waals surface area contributed by atoms with Crippen LogP contribution in [0.2, 0.25) is 0 Å². The predicted molar refractivity (Wildman–Crippen MR) is 71.6 cm³/mol. The van der Waals surface area contributed by atoms with Crippen LogP contribution in [-0.4, -0.2) is 24.2 Å². The van der Waals surface area contributed by atoms with Crippen molar-refractivity contribution in [1.29, 1.82) is 0 Å². The number of nitrogens with one attached hydrogen (secondary N) is 1. The molecule has 1 aromatic carbocycles. The summed E-state index contributed by atoms with van der Waals surface area (Å²) in [6.45, 7) is 3.84. The molecule has 3 heteroatoms. The van der Waals surface area contributed by atoms with Crippen molar-refractivity contribution in [2.45, 2.75) is 31.6 Å². The third-order valence-corrected chi connectivity index (χ3v) is 4.26. The lowest BCUT2D eigenvalue weighted by molar-refractivity contribution is -0.147. The Morgan fingerprint density at radius 2 is 1.94 bits per heavy atom. The van der Waals surface area contributed by atoms with E-state index >= 15 is 0 Å². The molecule has 0 aliphatic carbocycles. The molecular formula is C15H21NO2. The highest BCUT2D eigenvalue weighted by Gasteiger charge is 2.45. The van der Waals surface area contributed by atoms with E-state index < -0.39 is 11.4 Å². The Bertz CT molecular complexity index is 398. The molecular weight excluding hydrogens is 226 g/mol. The van der Waals surface area contributed by atoms with Gasteiger partial charge >= 0.3 is 5.97 Å². The molecule has 2 rings (SSSR count). The average molecular weight is 247 g/mol. The van der Waals surface area contributed by atoms with E-state index in [2.05, 4.69) is 5.32 Å². The predicted octanol–water partition coefficient (Wildman–Crippen LogP) is 2.42. The zero-order valence-electron chi connectivity index (χ0n) is 10.9. The number of aliphatic carboxylic acids is 1. The number of benzene rings is 1. The van der Waals surface area contributed by atoms with E-state index in [-0.39, 0.29) is 5.92 Å². The summed E-state index contributed by atoms with van der Waals surface area (Å²) in [5.74, 6) is -0.452. The molecule has 98 valence electrons. The van der Waals surface area contributed by atoms with Gasteiger partial charge < -0.3 is 10.4 Å². The quantitative estimate of drug-likeness (QED) is 0.859. The topological polar surface area (TPSA) is 49.3 Å². The van der Waals surface area contributed by atoms with Crippen LogP contribution in [0.5, 0.6) is 0 Å². The van der Waals surface area contributed by atoms with E-state index in [0.29, 0.717) is 6.42 Å². The molecule has 1 atom stereocenters. The fourth-order valence-electron chi connectivity index (χ4n) is 3.23. The lowest BCUT2D eigenvalue weighted by Crippen LogP contribution is -2.47. The second-order valence-electron chi connectivity index (χ2n) is 5.02. The Balaban J connectivity index is 2.42. The monoisotopic (exact) mass is 247 g/mol. The molecule has 0 spiro atoms. The zero-order chi connectivity index (χ0) is 13.0. The number of piperidine rings is 1. The molecule has 3 nitrogen and oxygen atoms in total. The summed E-state index contributed by atoms with van der Waals surface area (Å²) in [5.41, 5.74) is 0.232. The van der Waals surface area contributed by atoms with Crippen LogP contribution in [0.4, 0.5) is 0 Å². The number of carboxylic acids is 1. The van der Waals surface area contributed by atoms with Crippen molar-refractivity contribution in [2.24, 2.45) is 5.92 Å². The fraction of sp³-hybridized carbons (Fsp3) is 0.533. The summed E-state index contributed by atoms with van der Waals surface area (Å²) in [6, 6.07) is 9.72. The number of hydrogen-bond donors (Lipinski definition) is 2. The molecule has 0 aromatic heterocycles. The highest BCUT2D eigenvalue weighted by molar-refractivity contribution is 5.81. The van der Waals surface area contributed by atoms with Crippen LogP contribution in [0.25, 0.3) is 0 Å². The van der Waals surface area contributed by atoms with Gasteiger partial charge in [0.25, 0.3) is 0 Å². The van der Waals surface area contributed by atoms with Crippen molar-refractivity contribution in [3.05, 3.63) is 35.9 Å². The van der Waals surface area contributed by atoms with Crippen LogP contribution in [0.15, 0.2) is 30.3 Å². The lowest BCUT2D eigenvalue weighted by atomic mass is 9.65. The Morgan fingerprint density at radius 3 is 2.44 bits per heavy atom. The normalized spacial score (nSPS) is 20.3. The zero-order valence-corrected chi connectivity index (χ0v) is 10.9. The molecule has 1 aliphatic heterocycles. The van der Waals surface area contributed by atoms with Crippen molar-refractivity contribution in [3.63, 3.8) is 0 Å². The number of hydrogen-bond acceptors (Lipinski definition) is 2. The van der Waals surface area contributed by atoms with E-state index in [1.165, 1.54) is 0 Å². The average Bonchev–Trinajstić information content (AvgIpc) is 2.42. The van der Waals surface area contributed by atoms with Crippen molar-refractivity contribution in [2.75, 3.05) is 13.1 Å². The molecule has 1 heterocycles. The van der Waals surface area contributed by atoms with E-state index in [9.17, 15) is 9.90 Å². The molecule has 0 bridgehead atoms. The molecule has 1 fully saturated rings. The first kappa shape index (κ1) is 13.1. The van der Waals surface area contributed by atoms with Gasteiger partial charge in [0.15, 0.2) is 0 Å². The van der Waals surface area contributed by atoms with E-state index in [0.717, 1.165) is 31.5 Å². The van der Waals surface area contributed by atoms with Gasteiger partial charge in [-0.2, -0.15) is 0 Å². The lowest BCUT2D eigenvalue weighted by Gasteiger charge is -2.39. The van der Waals surface area contributed by atoms with Gasteiger partial charge in [-0.05, 0) is 43.8 Å². The van der Waals surface area contributed by atoms with E-state index in [4.69, 9.17) is 0 Å². The Hall–Kier alpha value is -1.35. The molecule has 2 N–H and O–H groups in total. The minimum Gasteiger partial charge on any atom is -0.481 e. The third-order valence-electron chi connectivity index (χ3n) is 4.26. The molecule has 1 unspecified atom stereocenters. The van der Waals surface area contributed by atoms with Crippen LogP contribution in [0, 0.1) is 5.92 Å². The van der Waals surface area contributed by atoms with Gasteiger partial charge in [-0.15, -0.1) is 0 Å². The van der Waals surface area contributed by atoms with Gasteiger partial charge in [0.2, 0.25) is 0 Å². The van der Waals surface area contributed by atoms with Gasteiger partial charge in [-0.25, -0.2) is 0 Å². The van der Waals surface area contributed by atoms with Crippen LogP contribution >= 0.6 is 0 Å². The summed E-state index contributed by atoms with van der Waals surface area (Å²) >= 11 is 0. The van der Waals surface area contributed by atoms with E-state index in [1.807, 2.05) is 37.3 Å². The maximum absolute atomic E-state index is 11.9. The van der Waals surface area contributed by atoms with Crippen molar-refractivity contribution in [1.82, 2.24) is 5.32 Å². The Labute approximate surface area is 108 Å². The minimum atomic E-state index is -0.719. The van der Waals surface area contributed by atoms with Crippen molar-refractivity contribution >= 4 is 5.97 Å². The van der Waals surface area contributed by atoms with Gasteiger partial charge in [0.1, 0.15) is 0 Å². The van der Waals surface area contributed by atoms with Gasteiger partial charge in [-0.1, -0.05) is 37.3 Å². The Morgan fingerprint density at radius 1 is 1.33 bits per heavy atom. The maximum atomic E-state index is 11.9. The van der Waals surface area contributed by atoms with Gasteiger partial charge in [-0.3, -0.25) is 4.79 Å². The molecule has 1 saturated heterocycles. The second kappa shape index (κ2) is 5.53. The molecule has 1 aromatic rings. The standard InChI is InChI=1S/C15H21NO2/c1-2-15(14(17)18,12-6-4-3-5-7-12)13-8-10-16-11-9-13/h3-7,13,16H,2,8-11H2,1H3,(H,17,18).